The lowest BCUT2D eigenvalue weighted by Gasteiger charge is -2.11. The van der Waals surface area contributed by atoms with Crippen molar-refractivity contribution in [3.05, 3.63) is 76.9 Å². The van der Waals surface area contributed by atoms with Gasteiger partial charge in [-0.05, 0) is 42.3 Å². The lowest BCUT2D eigenvalue weighted by atomic mass is 10.1. The van der Waals surface area contributed by atoms with E-state index in [0.29, 0.717) is 23.0 Å². The summed E-state index contributed by atoms with van der Waals surface area (Å²) in [6, 6.07) is 16.6. The highest BCUT2D eigenvalue weighted by Crippen LogP contribution is 2.20. The molecule has 27 heavy (non-hydrogen) atoms. The van der Waals surface area contributed by atoms with E-state index in [4.69, 9.17) is 16.3 Å². The molecule has 0 atom stereocenters. The Hall–Kier alpha value is -3.12. The molecule has 0 bridgehead atoms. The molecule has 0 unspecified atom stereocenters. The van der Waals surface area contributed by atoms with E-state index in [1.807, 2.05) is 30.3 Å². The van der Waals surface area contributed by atoms with E-state index in [1.54, 1.807) is 30.5 Å². The first-order valence-electron chi connectivity index (χ1n) is 8.41. The van der Waals surface area contributed by atoms with Crippen molar-refractivity contribution in [2.24, 2.45) is 0 Å². The Labute approximate surface area is 162 Å². The Kier molecular flexibility index (Phi) is 6.22. The van der Waals surface area contributed by atoms with Crippen LogP contribution in [0.2, 0.25) is 5.02 Å². The Morgan fingerprint density at radius 3 is 2.67 bits per heavy atom. The summed E-state index contributed by atoms with van der Waals surface area (Å²) in [6.45, 7) is 0.719. The highest BCUT2D eigenvalue weighted by atomic mass is 35.5. The fourth-order valence-corrected chi connectivity index (χ4v) is 2.63. The van der Waals surface area contributed by atoms with Gasteiger partial charge in [0.2, 0.25) is 5.95 Å². The van der Waals surface area contributed by atoms with E-state index in [1.165, 1.54) is 12.7 Å². The average Bonchev–Trinajstić information content (AvgIpc) is 2.70. The quantitative estimate of drug-likeness (QED) is 0.593. The molecule has 0 saturated heterocycles. The summed E-state index contributed by atoms with van der Waals surface area (Å²) in [5, 5.41) is 7.06. The summed E-state index contributed by atoms with van der Waals surface area (Å²) in [5.74, 6) is 0.662. The summed E-state index contributed by atoms with van der Waals surface area (Å²) >= 11 is 5.90. The van der Waals surface area contributed by atoms with Gasteiger partial charge in [-0.3, -0.25) is 0 Å². The van der Waals surface area contributed by atoms with Gasteiger partial charge in [-0.15, -0.1) is 0 Å². The third-order valence-corrected chi connectivity index (χ3v) is 4.12. The Balaban J connectivity index is 1.64. The fraction of sp³-hybridized carbons (Fsp3) is 0.150. The molecule has 0 fully saturated rings. The summed E-state index contributed by atoms with van der Waals surface area (Å²) < 4.78 is 4.80. The Bertz CT molecular complexity index is 916. The second-order valence-corrected chi connectivity index (χ2v) is 6.17. The summed E-state index contributed by atoms with van der Waals surface area (Å²) in [4.78, 5) is 20.5. The largest absolute Gasteiger partial charge is 0.465 e. The number of methoxy groups -OCH3 is 1. The number of rotatable bonds is 7. The number of hydrogen-bond donors (Lipinski definition) is 2. The van der Waals surface area contributed by atoms with Gasteiger partial charge in [0.15, 0.2) is 0 Å². The van der Waals surface area contributed by atoms with E-state index in [-0.39, 0.29) is 0 Å². The number of halogens is 1. The van der Waals surface area contributed by atoms with Crippen molar-refractivity contribution in [2.75, 3.05) is 24.3 Å². The molecule has 3 aromatic rings. The lowest BCUT2D eigenvalue weighted by Crippen LogP contribution is -2.09. The van der Waals surface area contributed by atoms with Crippen LogP contribution in [-0.2, 0) is 11.2 Å². The maximum absolute atomic E-state index is 11.9. The number of aromatic nitrogens is 2. The van der Waals surface area contributed by atoms with Crippen LogP contribution in [0.1, 0.15) is 15.9 Å². The first-order chi connectivity index (χ1) is 13.2. The van der Waals surface area contributed by atoms with Gasteiger partial charge in [-0.25, -0.2) is 9.78 Å². The number of nitrogens with one attached hydrogen (secondary N) is 2. The van der Waals surface area contributed by atoms with Crippen LogP contribution in [0.5, 0.6) is 0 Å². The first-order valence-corrected chi connectivity index (χ1v) is 8.79. The molecular formula is C20H19ClN4O2. The molecule has 0 radical (unpaired) electrons. The molecule has 3 rings (SSSR count). The number of anilines is 3. The van der Waals surface area contributed by atoms with Crippen molar-refractivity contribution in [3.8, 4) is 0 Å². The van der Waals surface area contributed by atoms with E-state index < -0.39 is 5.97 Å². The van der Waals surface area contributed by atoms with E-state index in [9.17, 15) is 4.79 Å². The van der Waals surface area contributed by atoms with Crippen molar-refractivity contribution < 1.29 is 9.53 Å². The number of nitrogens with zero attached hydrogens (tertiary/aromatic N) is 2. The molecular weight excluding hydrogens is 364 g/mol. The molecule has 0 amide bonds. The van der Waals surface area contributed by atoms with E-state index in [0.717, 1.165) is 18.0 Å². The third kappa shape index (κ3) is 5.18. The van der Waals surface area contributed by atoms with Gasteiger partial charge >= 0.3 is 5.97 Å². The van der Waals surface area contributed by atoms with Crippen LogP contribution >= 0.6 is 11.6 Å². The highest BCUT2D eigenvalue weighted by molar-refractivity contribution is 6.30. The number of para-hydroxylation sites is 1. The van der Waals surface area contributed by atoms with Crippen LogP contribution in [0.15, 0.2) is 60.8 Å². The van der Waals surface area contributed by atoms with Gasteiger partial charge in [0.05, 0.1) is 18.4 Å². The van der Waals surface area contributed by atoms with Gasteiger partial charge in [0.1, 0.15) is 5.82 Å². The van der Waals surface area contributed by atoms with Crippen LogP contribution in [0.4, 0.5) is 17.5 Å². The second kappa shape index (κ2) is 9.00. The van der Waals surface area contributed by atoms with Crippen LogP contribution in [-0.4, -0.2) is 29.6 Å². The highest BCUT2D eigenvalue weighted by Gasteiger charge is 2.12. The monoisotopic (exact) mass is 382 g/mol. The molecule has 1 aromatic heterocycles. The molecule has 0 aliphatic heterocycles. The van der Waals surface area contributed by atoms with Crippen molar-refractivity contribution in [3.63, 3.8) is 0 Å². The predicted molar refractivity (Wildman–Crippen MR) is 107 cm³/mol. The van der Waals surface area contributed by atoms with E-state index in [2.05, 4.69) is 20.6 Å². The van der Waals surface area contributed by atoms with E-state index >= 15 is 0 Å². The minimum Gasteiger partial charge on any atom is -0.465 e. The molecule has 2 aromatic carbocycles. The van der Waals surface area contributed by atoms with Crippen LogP contribution in [0.3, 0.4) is 0 Å². The molecule has 0 saturated carbocycles. The zero-order valence-corrected chi connectivity index (χ0v) is 15.5. The standard InChI is InChI=1S/C20H19ClN4O2/c1-27-19(26)16-4-2-3-5-17(16)24-20-23-13-11-18(25-20)22-12-10-14-6-8-15(21)9-7-14/h2-9,11,13H,10,12H2,1H3,(H2,22,23,24,25). The maximum Gasteiger partial charge on any atom is 0.339 e. The topological polar surface area (TPSA) is 76.1 Å². The number of carbonyl (C=O) groups is 1. The van der Waals surface area contributed by atoms with Crippen LogP contribution in [0, 0.1) is 0 Å². The fourth-order valence-electron chi connectivity index (χ4n) is 2.50. The van der Waals surface area contributed by atoms with Gasteiger partial charge in [-0.2, -0.15) is 4.98 Å². The number of ether oxygens (including phenoxy) is 1. The molecule has 6 nitrogen and oxygen atoms in total. The normalized spacial score (nSPS) is 10.3. The third-order valence-electron chi connectivity index (χ3n) is 3.87. The first kappa shape index (κ1) is 18.7. The van der Waals surface area contributed by atoms with Gasteiger partial charge in [0, 0.05) is 17.8 Å². The molecule has 0 aliphatic rings. The second-order valence-electron chi connectivity index (χ2n) is 5.73. The summed E-state index contributed by atoms with van der Waals surface area (Å²) in [5.41, 5.74) is 2.19. The SMILES string of the molecule is COC(=O)c1ccccc1Nc1nccc(NCCc2ccc(Cl)cc2)n1. The number of benzene rings is 2. The zero-order chi connectivity index (χ0) is 19.1. The molecule has 1 heterocycles. The number of esters is 1. The van der Waals surface area contributed by atoms with Crippen LogP contribution in [0.25, 0.3) is 0 Å². The predicted octanol–water partition coefficient (Wildman–Crippen LogP) is 4.31. The van der Waals surface area contributed by atoms with Crippen LogP contribution < -0.4 is 10.6 Å². The average molecular weight is 383 g/mol. The van der Waals surface area contributed by atoms with Crippen molar-refractivity contribution >= 4 is 35.0 Å². The Morgan fingerprint density at radius 1 is 1.11 bits per heavy atom. The maximum atomic E-state index is 11.9. The van der Waals surface area contributed by atoms with Crippen molar-refractivity contribution in [2.45, 2.75) is 6.42 Å². The van der Waals surface area contributed by atoms with Crippen molar-refractivity contribution in [1.82, 2.24) is 9.97 Å². The molecule has 138 valence electrons. The number of hydrogen-bond acceptors (Lipinski definition) is 6. The van der Waals surface area contributed by atoms with Gasteiger partial charge in [-0.1, -0.05) is 35.9 Å². The molecule has 2 N–H and O–H groups in total. The minimum absolute atomic E-state index is 0.392. The van der Waals surface area contributed by atoms with Gasteiger partial charge in [0.25, 0.3) is 0 Å². The Morgan fingerprint density at radius 2 is 1.89 bits per heavy atom. The van der Waals surface area contributed by atoms with Gasteiger partial charge < -0.3 is 15.4 Å². The summed E-state index contributed by atoms with van der Waals surface area (Å²) in [7, 11) is 1.35. The molecule has 0 spiro atoms. The molecule has 7 heteroatoms. The molecule has 0 aliphatic carbocycles. The minimum atomic E-state index is -0.421. The number of carbonyl (C=O) groups excluding carboxylic acids is 1. The lowest BCUT2D eigenvalue weighted by molar-refractivity contribution is 0.0602. The smallest absolute Gasteiger partial charge is 0.339 e. The van der Waals surface area contributed by atoms with Crippen molar-refractivity contribution in [1.29, 1.82) is 0 Å². The summed E-state index contributed by atoms with van der Waals surface area (Å²) in [6.07, 6.45) is 2.50. The zero-order valence-electron chi connectivity index (χ0n) is 14.8.